The number of carbonyl (C=O) groups is 1. The fourth-order valence-electron chi connectivity index (χ4n) is 2.32. The molecule has 0 atom stereocenters. The Morgan fingerprint density at radius 3 is 2.47 bits per heavy atom. The first-order chi connectivity index (χ1) is 8.06. The topological polar surface area (TPSA) is 40.5 Å². The first-order valence-electron chi connectivity index (χ1n) is 5.80. The molecule has 2 rings (SSSR count). The number of hydrogen-bond acceptors (Lipinski definition) is 2. The van der Waals surface area contributed by atoms with Crippen LogP contribution in [0.1, 0.15) is 19.8 Å². The minimum Gasteiger partial charge on any atom is -0.480 e. The highest BCUT2D eigenvalue weighted by atomic mass is 35.5. The van der Waals surface area contributed by atoms with Crippen molar-refractivity contribution in [1.82, 2.24) is 0 Å². The minimum absolute atomic E-state index is 0.0546. The molecule has 0 radical (unpaired) electrons. The summed E-state index contributed by atoms with van der Waals surface area (Å²) < 4.78 is 0. The number of hydrogen-bond donors (Lipinski definition) is 1. The van der Waals surface area contributed by atoms with E-state index in [0.29, 0.717) is 17.0 Å². The maximum absolute atomic E-state index is 10.9. The van der Waals surface area contributed by atoms with Gasteiger partial charge in [0.25, 0.3) is 0 Å². The van der Waals surface area contributed by atoms with Gasteiger partial charge in [-0.3, -0.25) is 4.79 Å². The molecule has 1 aliphatic rings. The van der Waals surface area contributed by atoms with Gasteiger partial charge in [-0.1, -0.05) is 18.5 Å². The molecule has 1 aromatic carbocycles. The number of anilines is 1. The third-order valence-corrected chi connectivity index (χ3v) is 3.51. The highest BCUT2D eigenvalue weighted by Crippen LogP contribution is 2.34. The molecule has 0 amide bonds. The van der Waals surface area contributed by atoms with E-state index in [4.69, 9.17) is 16.7 Å². The van der Waals surface area contributed by atoms with E-state index in [1.807, 2.05) is 17.0 Å². The van der Waals surface area contributed by atoms with Crippen LogP contribution in [-0.2, 0) is 4.79 Å². The zero-order chi connectivity index (χ0) is 12.4. The normalized spacial score (nSPS) is 22.9. The monoisotopic (exact) mass is 253 g/mol. The summed E-state index contributed by atoms with van der Waals surface area (Å²) in [6, 6.07) is 7.71. The van der Waals surface area contributed by atoms with Gasteiger partial charge in [0.1, 0.15) is 6.54 Å². The highest BCUT2D eigenvalue weighted by molar-refractivity contribution is 6.30. The lowest BCUT2D eigenvalue weighted by atomic mass is 9.80. The highest BCUT2D eigenvalue weighted by Gasteiger charge is 2.31. The van der Waals surface area contributed by atoms with E-state index in [9.17, 15) is 4.79 Å². The molecule has 1 aliphatic carbocycles. The first-order valence-corrected chi connectivity index (χ1v) is 6.18. The summed E-state index contributed by atoms with van der Waals surface area (Å²) in [6.07, 6.45) is 2.13. The number of aliphatic carboxylic acids is 1. The smallest absolute Gasteiger partial charge is 0.323 e. The average molecular weight is 254 g/mol. The van der Waals surface area contributed by atoms with Crippen LogP contribution in [0.5, 0.6) is 0 Å². The summed E-state index contributed by atoms with van der Waals surface area (Å²) in [7, 11) is 0. The van der Waals surface area contributed by atoms with Crippen LogP contribution in [0.15, 0.2) is 24.3 Å². The van der Waals surface area contributed by atoms with Crippen molar-refractivity contribution >= 4 is 23.3 Å². The Morgan fingerprint density at radius 2 is 2.00 bits per heavy atom. The molecule has 1 saturated carbocycles. The third-order valence-electron chi connectivity index (χ3n) is 3.25. The van der Waals surface area contributed by atoms with Crippen molar-refractivity contribution in [2.75, 3.05) is 11.4 Å². The predicted molar refractivity (Wildman–Crippen MR) is 68.6 cm³/mol. The van der Waals surface area contributed by atoms with Crippen molar-refractivity contribution in [3.05, 3.63) is 29.3 Å². The Labute approximate surface area is 106 Å². The van der Waals surface area contributed by atoms with Crippen LogP contribution in [0.25, 0.3) is 0 Å². The van der Waals surface area contributed by atoms with Gasteiger partial charge in [0.15, 0.2) is 0 Å². The lowest BCUT2D eigenvalue weighted by molar-refractivity contribution is -0.135. The molecule has 0 unspecified atom stereocenters. The summed E-state index contributed by atoms with van der Waals surface area (Å²) >= 11 is 5.84. The van der Waals surface area contributed by atoms with Crippen molar-refractivity contribution in [3.63, 3.8) is 0 Å². The Balaban J connectivity index is 2.14. The number of nitrogens with zero attached hydrogens (tertiary/aromatic N) is 1. The van der Waals surface area contributed by atoms with Gasteiger partial charge in [0, 0.05) is 16.8 Å². The molecule has 3 nitrogen and oxygen atoms in total. The van der Waals surface area contributed by atoms with Crippen LogP contribution in [0.3, 0.4) is 0 Å². The summed E-state index contributed by atoms with van der Waals surface area (Å²) in [5.74, 6) is -0.0944. The predicted octanol–water partition coefficient (Wildman–Crippen LogP) is 3.03. The average Bonchev–Trinajstić information content (AvgIpc) is 2.23. The summed E-state index contributed by atoms with van der Waals surface area (Å²) in [5.41, 5.74) is 0.939. The Bertz CT molecular complexity index is 398. The molecule has 1 N–H and O–H groups in total. The second-order valence-electron chi connectivity index (χ2n) is 4.73. The number of carboxylic acid groups (broad SMARTS) is 1. The lowest BCUT2D eigenvalue weighted by Gasteiger charge is -2.42. The maximum Gasteiger partial charge on any atom is 0.323 e. The molecular weight excluding hydrogens is 238 g/mol. The van der Waals surface area contributed by atoms with Crippen LogP contribution in [0, 0.1) is 5.92 Å². The summed E-state index contributed by atoms with van der Waals surface area (Å²) in [6.45, 7) is 2.25. The lowest BCUT2D eigenvalue weighted by Crippen LogP contribution is -2.46. The molecule has 0 heterocycles. The van der Waals surface area contributed by atoms with Gasteiger partial charge in [-0.05, 0) is 43.0 Å². The van der Waals surface area contributed by atoms with E-state index in [0.717, 1.165) is 18.5 Å². The Kier molecular flexibility index (Phi) is 3.57. The fraction of sp³-hybridized carbons (Fsp3) is 0.462. The van der Waals surface area contributed by atoms with Gasteiger partial charge in [-0.2, -0.15) is 0 Å². The van der Waals surface area contributed by atoms with E-state index in [-0.39, 0.29) is 6.54 Å². The summed E-state index contributed by atoms with van der Waals surface area (Å²) in [4.78, 5) is 12.9. The molecule has 0 spiro atoms. The molecule has 1 aromatic rings. The van der Waals surface area contributed by atoms with Gasteiger partial charge < -0.3 is 10.0 Å². The van der Waals surface area contributed by atoms with Gasteiger partial charge in [-0.25, -0.2) is 0 Å². The van der Waals surface area contributed by atoms with Crippen molar-refractivity contribution in [2.45, 2.75) is 25.8 Å². The molecule has 17 heavy (non-hydrogen) atoms. The molecule has 0 bridgehead atoms. The standard InChI is InChI=1S/C13H16ClNO2/c1-9-6-12(7-9)15(8-13(16)17)11-4-2-10(14)3-5-11/h2-5,9,12H,6-8H2,1H3,(H,16,17). The Hall–Kier alpha value is -1.22. The van der Waals surface area contributed by atoms with Crippen LogP contribution < -0.4 is 4.90 Å². The molecule has 0 aliphatic heterocycles. The molecule has 92 valence electrons. The molecular formula is C13H16ClNO2. The van der Waals surface area contributed by atoms with Crippen molar-refractivity contribution in [3.8, 4) is 0 Å². The van der Waals surface area contributed by atoms with Crippen molar-refractivity contribution in [2.24, 2.45) is 5.92 Å². The summed E-state index contributed by atoms with van der Waals surface area (Å²) in [5, 5.41) is 9.64. The van der Waals surface area contributed by atoms with Crippen LogP contribution in [0.2, 0.25) is 5.02 Å². The SMILES string of the molecule is CC1CC(N(CC(=O)O)c2ccc(Cl)cc2)C1. The second kappa shape index (κ2) is 4.96. The van der Waals surface area contributed by atoms with Gasteiger partial charge in [0.2, 0.25) is 0 Å². The minimum atomic E-state index is -0.792. The van der Waals surface area contributed by atoms with Gasteiger partial charge in [0.05, 0.1) is 0 Å². The van der Waals surface area contributed by atoms with Gasteiger partial charge >= 0.3 is 5.97 Å². The third kappa shape index (κ3) is 2.91. The number of halogens is 1. The van der Waals surface area contributed by atoms with Gasteiger partial charge in [-0.15, -0.1) is 0 Å². The molecule has 0 aromatic heterocycles. The Morgan fingerprint density at radius 1 is 1.41 bits per heavy atom. The zero-order valence-electron chi connectivity index (χ0n) is 9.77. The first kappa shape index (κ1) is 12.2. The number of carboxylic acids is 1. The van der Waals surface area contributed by atoms with E-state index in [2.05, 4.69) is 6.92 Å². The largest absolute Gasteiger partial charge is 0.480 e. The van der Waals surface area contributed by atoms with E-state index < -0.39 is 5.97 Å². The van der Waals surface area contributed by atoms with Crippen LogP contribution >= 0.6 is 11.6 Å². The maximum atomic E-state index is 10.9. The van der Waals surface area contributed by atoms with Crippen LogP contribution in [-0.4, -0.2) is 23.7 Å². The van der Waals surface area contributed by atoms with E-state index in [1.54, 1.807) is 12.1 Å². The number of benzene rings is 1. The number of rotatable bonds is 4. The van der Waals surface area contributed by atoms with Crippen molar-refractivity contribution in [1.29, 1.82) is 0 Å². The second-order valence-corrected chi connectivity index (χ2v) is 5.16. The van der Waals surface area contributed by atoms with E-state index in [1.165, 1.54) is 0 Å². The molecule has 0 saturated heterocycles. The fourth-order valence-corrected chi connectivity index (χ4v) is 2.45. The molecule has 4 heteroatoms. The van der Waals surface area contributed by atoms with E-state index >= 15 is 0 Å². The zero-order valence-corrected chi connectivity index (χ0v) is 10.5. The van der Waals surface area contributed by atoms with Crippen LogP contribution in [0.4, 0.5) is 5.69 Å². The van der Waals surface area contributed by atoms with Crippen molar-refractivity contribution < 1.29 is 9.90 Å². The quantitative estimate of drug-likeness (QED) is 0.897. The molecule has 1 fully saturated rings.